The third kappa shape index (κ3) is 1.55. The van der Waals surface area contributed by atoms with Crippen molar-refractivity contribution in [3.8, 4) is 0 Å². The molecule has 0 amide bonds. The van der Waals surface area contributed by atoms with Crippen molar-refractivity contribution in [3.05, 3.63) is 34.1 Å². The summed E-state index contributed by atoms with van der Waals surface area (Å²) in [4.78, 5) is 0. The van der Waals surface area contributed by atoms with Crippen LogP contribution in [0.4, 0.5) is 4.39 Å². The van der Waals surface area contributed by atoms with Gasteiger partial charge in [0.15, 0.2) is 0 Å². The number of benzene rings is 1. The molecule has 1 aromatic rings. The lowest BCUT2D eigenvalue weighted by atomic mass is 10.2. The molecule has 0 atom stereocenters. The lowest BCUT2D eigenvalue weighted by Gasteiger charge is -1.96. The monoisotopic (exact) mass is 204 g/mol. The molecule has 1 aromatic carbocycles. The fourth-order valence-electron chi connectivity index (χ4n) is 0.735. The molecule has 0 aliphatic heterocycles. The predicted molar refractivity (Wildman–Crippen MR) is 40.7 cm³/mol. The largest absolute Gasteiger partial charge is 0.354 e. The molecule has 3 N–H and O–H groups in total. The number of hydrogen-bond donors (Lipinski definition) is 1. The van der Waals surface area contributed by atoms with E-state index in [0.29, 0.717) is 6.54 Å². The van der Waals surface area contributed by atoms with E-state index in [4.69, 9.17) is 0 Å². The summed E-state index contributed by atoms with van der Waals surface area (Å²) in [5.74, 6) is -0.207. The Bertz CT molecular complexity index is 237. The highest BCUT2D eigenvalue weighted by molar-refractivity contribution is 9.10. The Morgan fingerprint density at radius 3 is 2.70 bits per heavy atom. The highest BCUT2D eigenvalue weighted by Crippen LogP contribution is 2.16. The van der Waals surface area contributed by atoms with Gasteiger partial charge in [-0.1, -0.05) is 15.9 Å². The van der Waals surface area contributed by atoms with Crippen LogP contribution in [0.3, 0.4) is 0 Å². The molecular formula is C7H8BrFN+. The van der Waals surface area contributed by atoms with Gasteiger partial charge >= 0.3 is 0 Å². The van der Waals surface area contributed by atoms with Crippen LogP contribution >= 0.6 is 15.9 Å². The summed E-state index contributed by atoms with van der Waals surface area (Å²) in [7, 11) is 0. The van der Waals surface area contributed by atoms with Crippen molar-refractivity contribution in [2.75, 3.05) is 0 Å². The summed E-state index contributed by atoms with van der Waals surface area (Å²) in [6.45, 7) is 0.609. The summed E-state index contributed by atoms with van der Waals surface area (Å²) < 4.78 is 13.4. The van der Waals surface area contributed by atoms with E-state index in [9.17, 15) is 4.39 Å². The summed E-state index contributed by atoms with van der Waals surface area (Å²) in [5.41, 5.74) is 4.56. The maximum Gasteiger partial charge on any atom is 0.123 e. The van der Waals surface area contributed by atoms with Crippen LogP contribution in [0.5, 0.6) is 0 Å². The first-order chi connectivity index (χ1) is 4.74. The first kappa shape index (κ1) is 7.69. The second-order valence-corrected chi connectivity index (χ2v) is 2.84. The zero-order chi connectivity index (χ0) is 7.56. The van der Waals surface area contributed by atoms with E-state index in [1.165, 1.54) is 12.1 Å². The van der Waals surface area contributed by atoms with Crippen molar-refractivity contribution < 1.29 is 10.1 Å². The molecule has 0 radical (unpaired) electrons. The van der Waals surface area contributed by atoms with E-state index in [1.54, 1.807) is 6.07 Å². The number of quaternary nitrogens is 1. The molecule has 0 saturated heterocycles. The van der Waals surface area contributed by atoms with Crippen LogP contribution in [-0.2, 0) is 6.54 Å². The highest BCUT2D eigenvalue weighted by Gasteiger charge is 1.99. The topological polar surface area (TPSA) is 27.6 Å². The second kappa shape index (κ2) is 3.12. The quantitative estimate of drug-likeness (QED) is 0.716. The molecule has 0 spiro atoms. The molecule has 0 saturated carbocycles. The van der Waals surface area contributed by atoms with Crippen molar-refractivity contribution in [3.63, 3.8) is 0 Å². The van der Waals surface area contributed by atoms with Gasteiger partial charge in [-0.15, -0.1) is 0 Å². The third-order valence-corrected chi connectivity index (χ3v) is 2.05. The van der Waals surface area contributed by atoms with Gasteiger partial charge in [0.2, 0.25) is 0 Å². The molecule has 1 rings (SSSR count). The van der Waals surface area contributed by atoms with Crippen molar-refractivity contribution in [2.24, 2.45) is 0 Å². The first-order valence-corrected chi connectivity index (χ1v) is 3.76. The minimum Gasteiger partial charge on any atom is -0.354 e. The molecule has 0 unspecified atom stereocenters. The van der Waals surface area contributed by atoms with E-state index in [1.807, 2.05) is 0 Å². The van der Waals surface area contributed by atoms with Crippen LogP contribution in [0, 0.1) is 5.82 Å². The highest BCUT2D eigenvalue weighted by atomic mass is 79.9. The summed E-state index contributed by atoms with van der Waals surface area (Å²) in [6, 6.07) is 4.59. The van der Waals surface area contributed by atoms with Crippen molar-refractivity contribution in [2.45, 2.75) is 6.54 Å². The molecule has 0 aliphatic carbocycles. The van der Waals surface area contributed by atoms with E-state index >= 15 is 0 Å². The van der Waals surface area contributed by atoms with Crippen LogP contribution in [0.15, 0.2) is 22.7 Å². The zero-order valence-electron chi connectivity index (χ0n) is 5.40. The lowest BCUT2D eigenvalue weighted by Crippen LogP contribution is -2.47. The summed E-state index contributed by atoms with van der Waals surface area (Å²) in [5, 5.41) is 0. The van der Waals surface area contributed by atoms with Gasteiger partial charge in [-0.3, -0.25) is 0 Å². The van der Waals surface area contributed by atoms with Crippen LogP contribution in [0.2, 0.25) is 0 Å². The van der Waals surface area contributed by atoms with Gasteiger partial charge in [-0.05, 0) is 18.2 Å². The van der Waals surface area contributed by atoms with E-state index in [-0.39, 0.29) is 5.82 Å². The van der Waals surface area contributed by atoms with Crippen LogP contribution < -0.4 is 5.73 Å². The van der Waals surface area contributed by atoms with E-state index in [2.05, 4.69) is 21.7 Å². The van der Waals surface area contributed by atoms with E-state index in [0.717, 1.165) is 10.0 Å². The van der Waals surface area contributed by atoms with Crippen molar-refractivity contribution >= 4 is 15.9 Å². The van der Waals surface area contributed by atoms with Gasteiger partial charge in [0.25, 0.3) is 0 Å². The number of hydrogen-bond acceptors (Lipinski definition) is 0. The maximum atomic E-state index is 12.5. The lowest BCUT2D eigenvalue weighted by molar-refractivity contribution is -0.386. The van der Waals surface area contributed by atoms with Gasteiger partial charge in [-0.2, -0.15) is 0 Å². The Labute approximate surface area is 67.2 Å². The van der Waals surface area contributed by atoms with Crippen LogP contribution in [-0.4, -0.2) is 0 Å². The Morgan fingerprint density at radius 2 is 2.20 bits per heavy atom. The maximum absolute atomic E-state index is 12.5. The van der Waals surface area contributed by atoms with Gasteiger partial charge in [0.1, 0.15) is 12.4 Å². The Morgan fingerprint density at radius 1 is 1.50 bits per heavy atom. The van der Waals surface area contributed by atoms with Crippen LogP contribution in [0.1, 0.15) is 5.56 Å². The molecule has 54 valence electrons. The average Bonchev–Trinajstić information content (AvgIpc) is 1.94. The molecule has 0 heterocycles. The zero-order valence-corrected chi connectivity index (χ0v) is 6.99. The van der Waals surface area contributed by atoms with Crippen LogP contribution in [0.25, 0.3) is 0 Å². The smallest absolute Gasteiger partial charge is 0.123 e. The standard InChI is InChI=1S/C7H7BrFN/c8-7-2-1-6(9)3-5(7)4-10/h1-3H,4,10H2/p+1. The second-order valence-electron chi connectivity index (χ2n) is 1.99. The molecular weight excluding hydrogens is 197 g/mol. The Kier molecular flexibility index (Phi) is 2.40. The minimum absolute atomic E-state index is 0.207. The van der Waals surface area contributed by atoms with E-state index < -0.39 is 0 Å². The first-order valence-electron chi connectivity index (χ1n) is 2.97. The fourth-order valence-corrected chi connectivity index (χ4v) is 1.18. The SMILES string of the molecule is [NH3+]Cc1cc(F)ccc1Br. The average molecular weight is 205 g/mol. The van der Waals surface area contributed by atoms with Gasteiger partial charge in [0, 0.05) is 10.0 Å². The minimum atomic E-state index is -0.207. The van der Waals surface area contributed by atoms with Crippen molar-refractivity contribution in [1.29, 1.82) is 0 Å². The Hall–Kier alpha value is -0.410. The third-order valence-electron chi connectivity index (χ3n) is 1.28. The summed E-state index contributed by atoms with van der Waals surface area (Å²) in [6.07, 6.45) is 0. The Balaban J connectivity index is 3.09. The van der Waals surface area contributed by atoms with Gasteiger partial charge in [-0.25, -0.2) is 4.39 Å². The fraction of sp³-hybridized carbons (Fsp3) is 0.143. The molecule has 10 heavy (non-hydrogen) atoms. The normalized spacial score (nSPS) is 9.90. The molecule has 3 heteroatoms. The van der Waals surface area contributed by atoms with Gasteiger partial charge in [0.05, 0.1) is 0 Å². The molecule has 0 bridgehead atoms. The molecule has 0 aromatic heterocycles. The van der Waals surface area contributed by atoms with Gasteiger partial charge < -0.3 is 5.73 Å². The molecule has 0 aliphatic rings. The summed E-state index contributed by atoms with van der Waals surface area (Å²) >= 11 is 3.28. The number of halogens is 2. The molecule has 1 nitrogen and oxygen atoms in total. The predicted octanol–water partition coefficient (Wildman–Crippen LogP) is 1.33. The number of rotatable bonds is 1. The molecule has 0 fully saturated rings. The van der Waals surface area contributed by atoms with Crippen molar-refractivity contribution in [1.82, 2.24) is 0 Å².